The van der Waals surface area contributed by atoms with Gasteiger partial charge in [0.25, 0.3) is 5.91 Å². The van der Waals surface area contributed by atoms with Gasteiger partial charge >= 0.3 is 0 Å². The molecule has 0 radical (unpaired) electrons. The Bertz CT molecular complexity index is 941. The van der Waals surface area contributed by atoms with E-state index in [0.717, 1.165) is 57.2 Å². The number of hydrogen-bond donors (Lipinski definition) is 0. The lowest BCUT2D eigenvalue weighted by Crippen LogP contribution is -2.32. The molecule has 0 N–H and O–H groups in total. The summed E-state index contributed by atoms with van der Waals surface area (Å²) in [5, 5.41) is 0. The number of benzene rings is 1. The van der Waals surface area contributed by atoms with Crippen molar-refractivity contribution >= 4 is 11.8 Å². The minimum Gasteiger partial charge on any atom is -0.339 e. The van der Waals surface area contributed by atoms with E-state index >= 15 is 0 Å². The molecule has 1 aromatic carbocycles. The van der Waals surface area contributed by atoms with Gasteiger partial charge in [0.15, 0.2) is 5.82 Å². The molecule has 6 nitrogen and oxygen atoms in total. The molecule has 2 amide bonds. The van der Waals surface area contributed by atoms with Gasteiger partial charge in [-0.3, -0.25) is 9.59 Å². The van der Waals surface area contributed by atoms with Crippen LogP contribution in [-0.2, 0) is 11.2 Å². The second kappa shape index (κ2) is 9.54. The predicted octanol–water partition coefficient (Wildman–Crippen LogP) is 3.85. The molecule has 1 atom stereocenters. The molecule has 0 spiro atoms. The zero-order chi connectivity index (χ0) is 21.8. The van der Waals surface area contributed by atoms with E-state index in [0.29, 0.717) is 30.0 Å². The lowest BCUT2D eigenvalue weighted by molar-refractivity contribution is -0.132. The standard InChI is InChI=1S/C24H29FN4O2/c1-17-20(24(31)28-13-2-3-14-28)16-26-23(27-17)21-7-5-15-29(21)22(30)8-4-6-18-9-11-19(25)12-10-18/h9-12,16,21H,2-8,13-15H2,1H3/t21-/m1/s1. The average molecular weight is 425 g/mol. The maximum atomic E-state index is 13.0. The molecule has 7 heteroatoms. The lowest BCUT2D eigenvalue weighted by Gasteiger charge is -2.24. The molecule has 31 heavy (non-hydrogen) atoms. The molecule has 2 saturated heterocycles. The fourth-order valence-electron chi connectivity index (χ4n) is 4.52. The summed E-state index contributed by atoms with van der Waals surface area (Å²) < 4.78 is 13.0. The van der Waals surface area contributed by atoms with Crippen LogP contribution in [-0.4, -0.2) is 51.2 Å². The molecule has 2 aliphatic heterocycles. The Labute approximate surface area is 182 Å². The summed E-state index contributed by atoms with van der Waals surface area (Å²) in [4.78, 5) is 38.4. The van der Waals surface area contributed by atoms with Gasteiger partial charge in [0, 0.05) is 32.3 Å². The highest BCUT2D eigenvalue weighted by Crippen LogP contribution is 2.31. The average Bonchev–Trinajstić information content (AvgIpc) is 3.47. The SMILES string of the molecule is Cc1nc([C@H]2CCCN2C(=O)CCCc2ccc(F)cc2)ncc1C(=O)N1CCCC1. The smallest absolute Gasteiger partial charge is 0.257 e. The van der Waals surface area contributed by atoms with Crippen LogP contribution < -0.4 is 0 Å². The summed E-state index contributed by atoms with van der Waals surface area (Å²) >= 11 is 0. The number of rotatable bonds is 6. The second-order valence-electron chi connectivity index (χ2n) is 8.45. The second-order valence-corrected chi connectivity index (χ2v) is 8.45. The Morgan fingerprint density at radius 3 is 2.55 bits per heavy atom. The van der Waals surface area contributed by atoms with Gasteiger partial charge in [-0.2, -0.15) is 0 Å². The topological polar surface area (TPSA) is 66.4 Å². The van der Waals surface area contributed by atoms with Crippen molar-refractivity contribution in [2.24, 2.45) is 0 Å². The van der Waals surface area contributed by atoms with Crippen LogP contribution >= 0.6 is 0 Å². The quantitative estimate of drug-likeness (QED) is 0.707. The van der Waals surface area contributed by atoms with Crippen LogP contribution in [0.4, 0.5) is 4.39 Å². The number of nitrogens with zero attached hydrogens (tertiary/aromatic N) is 4. The number of carbonyl (C=O) groups excluding carboxylic acids is 2. The van der Waals surface area contributed by atoms with Crippen molar-refractivity contribution in [2.75, 3.05) is 19.6 Å². The Hall–Kier alpha value is -2.83. The van der Waals surface area contributed by atoms with Crippen LogP contribution in [0.2, 0.25) is 0 Å². The van der Waals surface area contributed by atoms with Gasteiger partial charge in [0.2, 0.25) is 5.91 Å². The third-order valence-electron chi connectivity index (χ3n) is 6.26. The van der Waals surface area contributed by atoms with E-state index in [1.807, 2.05) is 16.7 Å². The monoisotopic (exact) mass is 424 g/mol. The number of amides is 2. The van der Waals surface area contributed by atoms with Gasteiger partial charge in [-0.15, -0.1) is 0 Å². The Balaban J connectivity index is 1.38. The summed E-state index contributed by atoms with van der Waals surface area (Å²) in [6.45, 7) is 4.14. The third kappa shape index (κ3) is 4.92. The van der Waals surface area contributed by atoms with Crippen LogP contribution in [0.15, 0.2) is 30.5 Å². The number of aryl methyl sites for hydroxylation is 2. The summed E-state index contributed by atoms with van der Waals surface area (Å²) in [5.41, 5.74) is 2.27. The first-order valence-corrected chi connectivity index (χ1v) is 11.2. The van der Waals surface area contributed by atoms with E-state index in [1.165, 1.54) is 12.1 Å². The number of hydrogen-bond acceptors (Lipinski definition) is 4. The minimum absolute atomic E-state index is 0.00157. The fraction of sp³-hybridized carbons (Fsp3) is 0.500. The van der Waals surface area contributed by atoms with Gasteiger partial charge in [-0.1, -0.05) is 12.1 Å². The summed E-state index contributed by atoms with van der Waals surface area (Å²) in [6.07, 6.45) is 7.39. The Morgan fingerprint density at radius 2 is 1.84 bits per heavy atom. The molecular formula is C24H29FN4O2. The third-order valence-corrected chi connectivity index (χ3v) is 6.26. The largest absolute Gasteiger partial charge is 0.339 e. The first-order valence-electron chi connectivity index (χ1n) is 11.2. The molecule has 2 fully saturated rings. The van der Waals surface area contributed by atoms with E-state index in [-0.39, 0.29) is 23.7 Å². The zero-order valence-electron chi connectivity index (χ0n) is 18.0. The summed E-state index contributed by atoms with van der Waals surface area (Å²) in [7, 11) is 0. The molecule has 3 heterocycles. The molecule has 0 aliphatic carbocycles. The Kier molecular flexibility index (Phi) is 6.59. The molecule has 0 saturated carbocycles. The van der Waals surface area contributed by atoms with Gasteiger partial charge in [-0.05, 0) is 63.1 Å². The van der Waals surface area contributed by atoms with Crippen LogP contribution in [0.25, 0.3) is 0 Å². The first kappa shape index (κ1) is 21.4. The number of carbonyl (C=O) groups is 2. The predicted molar refractivity (Wildman–Crippen MR) is 115 cm³/mol. The molecule has 1 aromatic heterocycles. The highest BCUT2D eigenvalue weighted by atomic mass is 19.1. The van der Waals surface area contributed by atoms with Crippen molar-refractivity contribution in [3.8, 4) is 0 Å². The number of halogens is 1. The summed E-state index contributed by atoms with van der Waals surface area (Å²) in [6, 6.07) is 6.30. The first-order chi connectivity index (χ1) is 15.0. The molecule has 2 aliphatic rings. The van der Waals surface area contributed by atoms with Crippen LogP contribution in [0.1, 0.15) is 72.0 Å². The summed E-state index contributed by atoms with van der Waals surface area (Å²) in [5.74, 6) is 0.479. The van der Waals surface area contributed by atoms with E-state index in [9.17, 15) is 14.0 Å². The maximum Gasteiger partial charge on any atom is 0.257 e. The minimum atomic E-state index is -0.247. The van der Waals surface area contributed by atoms with Crippen molar-refractivity contribution in [2.45, 2.75) is 57.9 Å². The molecule has 2 aromatic rings. The molecule has 164 valence electrons. The lowest BCUT2D eigenvalue weighted by atomic mass is 10.1. The van der Waals surface area contributed by atoms with E-state index in [2.05, 4.69) is 9.97 Å². The van der Waals surface area contributed by atoms with E-state index < -0.39 is 0 Å². The molecule has 0 unspecified atom stereocenters. The fourth-order valence-corrected chi connectivity index (χ4v) is 4.52. The van der Waals surface area contributed by atoms with Crippen molar-refractivity contribution in [3.05, 3.63) is 58.9 Å². The van der Waals surface area contributed by atoms with Crippen molar-refractivity contribution < 1.29 is 14.0 Å². The number of aromatic nitrogens is 2. The van der Waals surface area contributed by atoms with Gasteiger partial charge in [0.05, 0.1) is 17.3 Å². The number of likely N-dealkylation sites (tertiary alicyclic amines) is 2. The van der Waals surface area contributed by atoms with Crippen LogP contribution in [0, 0.1) is 12.7 Å². The van der Waals surface area contributed by atoms with Crippen LogP contribution in [0.5, 0.6) is 0 Å². The highest BCUT2D eigenvalue weighted by molar-refractivity contribution is 5.95. The van der Waals surface area contributed by atoms with Crippen molar-refractivity contribution in [1.82, 2.24) is 19.8 Å². The van der Waals surface area contributed by atoms with Crippen molar-refractivity contribution in [1.29, 1.82) is 0 Å². The normalized spacial score (nSPS) is 18.6. The van der Waals surface area contributed by atoms with Gasteiger partial charge < -0.3 is 9.80 Å². The maximum absolute atomic E-state index is 13.0. The van der Waals surface area contributed by atoms with Gasteiger partial charge in [-0.25, -0.2) is 14.4 Å². The van der Waals surface area contributed by atoms with E-state index in [4.69, 9.17) is 0 Å². The Morgan fingerprint density at radius 1 is 1.10 bits per heavy atom. The van der Waals surface area contributed by atoms with Crippen molar-refractivity contribution in [3.63, 3.8) is 0 Å². The van der Waals surface area contributed by atoms with Crippen LogP contribution in [0.3, 0.4) is 0 Å². The molecule has 4 rings (SSSR count). The zero-order valence-corrected chi connectivity index (χ0v) is 18.0. The van der Waals surface area contributed by atoms with Gasteiger partial charge in [0.1, 0.15) is 5.82 Å². The molecular weight excluding hydrogens is 395 g/mol. The highest BCUT2D eigenvalue weighted by Gasteiger charge is 2.32. The molecule has 0 bridgehead atoms. The van der Waals surface area contributed by atoms with E-state index in [1.54, 1.807) is 18.3 Å².